The van der Waals surface area contributed by atoms with E-state index in [0.717, 1.165) is 18.8 Å². The summed E-state index contributed by atoms with van der Waals surface area (Å²) in [5.74, 6) is 0.452. The maximum Gasteiger partial charge on any atom is 0.311 e. The van der Waals surface area contributed by atoms with Gasteiger partial charge in [0.05, 0.1) is 16.8 Å². The van der Waals surface area contributed by atoms with Gasteiger partial charge < -0.3 is 9.80 Å². The van der Waals surface area contributed by atoms with E-state index in [9.17, 15) is 10.1 Å². The summed E-state index contributed by atoms with van der Waals surface area (Å²) in [6.45, 7) is 2.98. The molecule has 2 aromatic rings. The van der Waals surface area contributed by atoms with Crippen molar-refractivity contribution in [3.63, 3.8) is 0 Å². The Morgan fingerprint density at radius 2 is 1.76 bits per heavy atom. The number of rotatable bonds is 3. The third-order valence-electron chi connectivity index (χ3n) is 3.55. The zero-order valence-corrected chi connectivity index (χ0v) is 11.4. The highest BCUT2D eigenvalue weighted by Crippen LogP contribution is 2.26. The molecule has 0 N–H and O–H groups in total. The molecule has 0 bridgehead atoms. The Hall–Kier alpha value is -2.70. The number of aromatic nitrogens is 2. The Labute approximate surface area is 122 Å². The van der Waals surface area contributed by atoms with Gasteiger partial charge in [0, 0.05) is 44.6 Å². The largest absolute Gasteiger partial charge is 0.367 e. The second-order valence-corrected chi connectivity index (χ2v) is 4.79. The van der Waals surface area contributed by atoms with Crippen LogP contribution in [-0.2, 0) is 0 Å². The SMILES string of the molecule is O=[N+]([O-])c1cccnc1N1CCN(c2cccnc2)CC1. The van der Waals surface area contributed by atoms with Crippen molar-refractivity contribution in [3.8, 4) is 0 Å². The van der Waals surface area contributed by atoms with E-state index in [4.69, 9.17) is 0 Å². The van der Waals surface area contributed by atoms with E-state index < -0.39 is 0 Å². The molecule has 7 nitrogen and oxygen atoms in total. The normalized spacial score (nSPS) is 15.0. The number of hydrogen-bond acceptors (Lipinski definition) is 6. The topological polar surface area (TPSA) is 75.4 Å². The average molecular weight is 285 g/mol. The van der Waals surface area contributed by atoms with Crippen LogP contribution in [0.1, 0.15) is 0 Å². The first-order valence-corrected chi connectivity index (χ1v) is 6.75. The standard InChI is InChI=1S/C14H15N5O2/c20-19(21)13-4-2-6-16-14(13)18-9-7-17(8-10-18)12-3-1-5-15-11-12/h1-6,11H,7-10H2. The van der Waals surface area contributed by atoms with Gasteiger partial charge in [0.15, 0.2) is 0 Å². The molecule has 0 spiro atoms. The van der Waals surface area contributed by atoms with E-state index >= 15 is 0 Å². The quantitative estimate of drug-likeness (QED) is 0.631. The molecule has 0 unspecified atom stereocenters. The fraction of sp³-hybridized carbons (Fsp3) is 0.286. The van der Waals surface area contributed by atoms with Gasteiger partial charge in [0.1, 0.15) is 0 Å². The molecule has 3 heterocycles. The highest BCUT2D eigenvalue weighted by Gasteiger charge is 2.24. The molecule has 0 aliphatic carbocycles. The van der Waals surface area contributed by atoms with Crippen molar-refractivity contribution in [1.29, 1.82) is 0 Å². The fourth-order valence-corrected chi connectivity index (χ4v) is 2.49. The minimum absolute atomic E-state index is 0.0623. The Morgan fingerprint density at radius 1 is 1.05 bits per heavy atom. The maximum absolute atomic E-state index is 11.1. The summed E-state index contributed by atoms with van der Waals surface area (Å²) in [6, 6.07) is 7.01. The molecule has 21 heavy (non-hydrogen) atoms. The van der Waals surface area contributed by atoms with Crippen LogP contribution in [0.15, 0.2) is 42.9 Å². The number of hydrogen-bond donors (Lipinski definition) is 0. The van der Waals surface area contributed by atoms with E-state index in [1.54, 1.807) is 18.5 Å². The molecule has 2 aromatic heterocycles. The van der Waals surface area contributed by atoms with Gasteiger partial charge >= 0.3 is 5.69 Å². The predicted molar refractivity (Wildman–Crippen MR) is 79.6 cm³/mol. The number of nitrogens with zero attached hydrogens (tertiary/aromatic N) is 5. The Bertz CT molecular complexity index is 626. The monoisotopic (exact) mass is 285 g/mol. The molecule has 0 saturated carbocycles. The molecule has 0 amide bonds. The Kier molecular flexibility index (Phi) is 3.63. The summed E-state index contributed by atoms with van der Waals surface area (Å²) >= 11 is 0. The predicted octanol–water partition coefficient (Wildman–Crippen LogP) is 1.71. The molecule has 0 aromatic carbocycles. The van der Waals surface area contributed by atoms with Gasteiger partial charge in [-0.2, -0.15) is 0 Å². The summed E-state index contributed by atoms with van der Waals surface area (Å²) in [6.07, 6.45) is 5.17. The van der Waals surface area contributed by atoms with Gasteiger partial charge in [-0.1, -0.05) is 0 Å². The van der Waals surface area contributed by atoms with E-state index in [-0.39, 0.29) is 10.6 Å². The first kappa shape index (κ1) is 13.3. The lowest BCUT2D eigenvalue weighted by Gasteiger charge is -2.36. The summed E-state index contributed by atoms with van der Waals surface area (Å²) in [5, 5.41) is 11.1. The smallest absolute Gasteiger partial charge is 0.311 e. The fourth-order valence-electron chi connectivity index (χ4n) is 2.49. The zero-order chi connectivity index (χ0) is 14.7. The van der Waals surface area contributed by atoms with Crippen molar-refractivity contribution in [2.75, 3.05) is 36.0 Å². The minimum Gasteiger partial charge on any atom is -0.367 e. The number of pyridine rings is 2. The summed E-state index contributed by atoms with van der Waals surface area (Å²) in [5.41, 5.74) is 1.14. The van der Waals surface area contributed by atoms with Gasteiger partial charge in [-0.15, -0.1) is 0 Å². The van der Waals surface area contributed by atoms with Crippen LogP contribution in [0.3, 0.4) is 0 Å². The lowest BCUT2D eigenvalue weighted by molar-refractivity contribution is -0.384. The minimum atomic E-state index is -0.379. The molecule has 7 heteroatoms. The molecule has 1 aliphatic heterocycles. The number of nitro groups is 1. The van der Waals surface area contributed by atoms with Gasteiger partial charge in [-0.3, -0.25) is 15.1 Å². The van der Waals surface area contributed by atoms with Crippen LogP contribution >= 0.6 is 0 Å². The summed E-state index contributed by atoms with van der Waals surface area (Å²) < 4.78 is 0. The van der Waals surface area contributed by atoms with Crippen molar-refractivity contribution in [2.24, 2.45) is 0 Å². The molecule has 3 rings (SSSR count). The summed E-state index contributed by atoms with van der Waals surface area (Å²) in [4.78, 5) is 23.2. The zero-order valence-electron chi connectivity index (χ0n) is 11.4. The number of anilines is 2. The van der Waals surface area contributed by atoms with Crippen molar-refractivity contribution >= 4 is 17.2 Å². The lowest BCUT2D eigenvalue weighted by atomic mass is 10.2. The van der Waals surface area contributed by atoms with Gasteiger partial charge in [0.2, 0.25) is 5.82 Å². The van der Waals surface area contributed by atoms with Crippen LogP contribution in [0.2, 0.25) is 0 Å². The molecular formula is C14H15N5O2. The third kappa shape index (κ3) is 2.76. The van der Waals surface area contributed by atoms with Gasteiger partial charge in [-0.25, -0.2) is 4.98 Å². The Balaban J connectivity index is 1.73. The Morgan fingerprint density at radius 3 is 2.43 bits per heavy atom. The van der Waals surface area contributed by atoms with Crippen molar-refractivity contribution in [2.45, 2.75) is 0 Å². The molecule has 108 valence electrons. The molecule has 0 radical (unpaired) electrons. The molecule has 1 aliphatic rings. The van der Waals surface area contributed by atoms with Gasteiger partial charge in [0.25, 0.3) is 0 Å². The first-order chi connectivity index (χ1) is 10.3. The van der Waals surface area contributed by atoms with Crippen LogP contribution in [0.25, 0.3) is 0 Å². The second-order valence-electron chi connectivity index (χ2n) is 4.79. The van der Waals surface area contributed by atoms with Crippen LogP contribution in [0.5, 0.6) is 0 Å². The van der Waals surface area contributed by atoms with E-state index in [2.05, 4.69) is 14.9 Å². The number of piperazine rings is 1. The van der Waals surface area contributed by atoms with E-state index in [1.165, 1.54) is 6.07 Å². The molecular weight excluding hydrogens is 270 g/mol. The molecule has 1 saturated heterocycles. The lowest BCUT2D eigenvalue weighted by Crippen LogP contribution is -2.47. The van der Waals surface area contributed by atoms with Crippen molar-refractivity contribution < 1.29 is 4.92 Å². The van der Waals surface area contributed by atoms with E-state index in [1.807, 2.05) is 23.2 Å². The average Bonchev–Trinajstić information content (AvgIpc) is 2.56. The van der Waals surface area contributed by atoms with Crippen LogP contribution in [0, 0.1) is 10.1 Å². The highest BCUT2D eigenvalue weighted by molar-refractivity contribution is 5.58. The maximum atomic E-state index is 11.1. The highest BCUT2D eigenvalue weighted by atomic mass is 16.6. The summed E-state index contributed by atoms with van der Waals surface area (Å²) in [7, 11) is 0. The molecule has 1 fully saturated rings. The second kappa shape index (κ2) is 5.74. The van der Waals surface area contributed by atoms with Crippen LogP contribution < -0.4 is 9.80 Å². The van der Waals surface area contributed by atoms with Crippen LogP contribution in [0.4, 0.5) is 17.2 Å². The molecule has 0 atom stereocenters. The van der Waals surface area contributed by atoms with E-state index in [0.29, 0.717) is 18.9 Å². The third-order valence-corrected chi connectivity index (χ3v) is 3.55. The van der Waals surface area contributed by atoms with Crippen molar-refractivity contribution in [3.05, 3.63) is 53.0 Å². The first-order valence-electron chi connectivity index (χ1n) is 6.75. The van der Waals surface area contributed by atoms with Gasteiger partial charge in [-0.05, 0) is 18.2 Å². The van der Waals surface area contributed by atoms with Crippen LogP contribution in [-0.4, -0.2) is 41.1 Å². The van der Waals surface area contributed by atoms with Crippen molar-refractivity contribution in [1.82, 2.24) is 9.97 Å².